The Morgan fingerprint density at radius 1 is 1.31 bits per heavy atom. The van der Waals surface area contributed by atoms with Crippen LogP contribution in [-0.2, 0) is 10.2 Å². The molecule has 1 aromatic carbocycles. The van der Waals surface area contributed by atoms with Crippen LogP contribution in [0.15, 0.2) is 17.0 Å². The lowest BCUT2D eigenvalue weighted by atomic mass is 10.0. The highest BCUT2D eigenvalue weighted by Gasteiger charge is 2.19. The van der Waals surface area contributed by atoms with Gasteiger partial charge in [-0.1, -0.05) is 13.8 Å². The maximum absolute atomic E-state index is 13.0. The summed E-state index contributed by atoms with van der Waals surface area (Å²) in [5.74, 6) is 0.649. The molecule has 0 N–H and O–H groups in total. The Bertz CT molecular complexity index is 492. The number of ether oxygens (including phenoxy) is 1. The summed E-state index contributed by atoms with van der Waals surface area (Å²) < 4.78 is 40.0. The zero-order chi connectivity index (χ0) is 12.5. The molecule has 0 aromatic heterocycles. The normalized spacial score (nSPS) is 11.9. The van der Waals surface area contributed by atoms with Crippen molar-refractivity contribution in [2.24, 2.45) is 0 Å². The summed E-state index contributed by atoms with van der Waals surface area (Å²) in [7, 11) is -3.17. The number of methoxy groups -OCH3 is 1. The van der Waals surface area contributed by atoms with E-state index in [2.05, 4.69) is 0 Å². The van der Waals surface area contributed by atoms with Crippen LogP contribution < -0.4 is 4.74 Å². The first-order valence-corrected chi connectivity index (χ1v) is 6.29. The maximum atomic E-state index is 13.0. The Hall–Kier alpha value is -1.10. The molecular weight excluding hydrogens is 231 g/mol. The Labute approximate surface area is 95.5 Å². The van der Waals surface area contributed by atoms with Gasteiger partial charge in [-0.15, -0.1) is 3.89 Å². The van der Waals surface area contributed by atoms with Crippen LogP contribution in [0.3, 0.4) is 0 Å². The molecule has 1 aromatic rings. The molecule has 0 unspecified atom stereocenters. The van der Waals surface area contributed by atoms with E-state index in [1.54, 1.807) is 13.0 Å². The monoisotopic (exact) mass is 246 g/mol. The fourth-order valence-electron chi connectivity index (χ4n) is 1.57. The fraction of sp³-hybridized carbons (Fsp3) is 0.455. The van der Waals surface area contributed by atoms with Crippen molar-refractivity contribution in [3.05, 3.63) is 23.3 Å². The van der Waals surface area contributed by atoms with Crippen LogP contribution in [0.2, 0.25) is 0 Å². The quantitative estimate of drug-likeness (QED) is 0.770. The molecule has 16 heavy (non-hydrogen) atoms. The van der Waals surface area contributed by atoms with Gasteiger partial charge in [-0.2, -0.15) is 8.42 Å². The van der Waals surface area contributed by atoms with E-state index < -0.39 is 10.2 Å². The highest BCUT2D eigenvalue weighted by atomic mass is 32.3. The molecule has 1 rings (SSSR count). The van der Waals surface area contributed by atoms with Gasteiger partial charge in [0.15, 0.2) is 0 Å². The van der Waals surface area contributed by atoms with Gasteiger partial charge in [0, 0.05) is 0 Å². The molecule has 3 nitrogen and oxygen atoms in total. The van der Waals surface area contributed by atoms with Gasteiger partial charge in [0.25, 0.3) is 0 Å². The molecule has 0 saturated carbocycles. The number of hydrogen-bond acceptors (Lipinski definition) is 3. The summed E-state index contributed by atoms with van der Waals surface area (Å²) in [5, 5.41) is 0. The Balaban J connectivity index is 3.52. The number of hydrogen-bond donors (Lipinski definition) is 0. The summed E-state index contributed by atoms with van der Waals surface area (Å²) in [6, 6.07) is 2.88. The lowest BCUT2D eigenvalue weighted by Crippen LogP contribution is -2.01. The predicted molar refractivity (Wildman–Crippen MR) is 60.1 cm³/mol. The minimum Gasteiger partial charge on any atom is -0.496 e. The van der Waals surface area contributed by atoms with Crippen molar-refractivity contribution in [3.8, 4) is 5.75 Å². The van der Waals surface area contributed by atoms with E-state index in [1.807, 2.05) is 13.8 Å². The molecule has 0 heterocycles. The highest BCUT2D eigenvalue weighted by Crippen LogP contribution is 2.32. The average Bonchev–Trinajstić information content (AvgIpc) is 2.14. The molecule has 0 aliphatic heterocycles. The van der Waals surface area contributed by atoms with Crippen LogP contribution in [0.4, 0.5) is 3.89 Å². The molecule has 5 heteroatoms. The van der Waals surface area contributed by atoms with E-state index in [1.165, 1.54) is 13.2 Å². The summed E-state index contributed by atoms with van der Waals surface area (Å²) in [4.78, 5) is -0.281. The average molecular weight is 246 g/mol. The third kappa shape index (κ3) is 2.52. The second-order valence-electron chi connectivity index (χ2n) is 3.95. The number of halogens is 1. The predicted octanol–water partition coefficient (Wildman–Crippen LogP) is 2.79. The molecule has 0 bridgehead atoms. The standard InChI is InChI=1S/C11H15FO3S/c1-7(2)9-6-11(16(12,13)14)8(3)5-10(9)15-4/h5-7H,1-4H3. The van der Waals surface area contributed by atoms with E-state index >= 15 is 0 Å². The Morgan fingerprint density at radius 3 is 2.25 bits per heavy atom. The van der Waals surface area contributed by atoms with Gasteiger partial charge in [-0.25, -0.2) is 0 Å². The summed E-state index contributed by atoms with van der Waals surface area (Å²) in [6.45, 7) is 5.32. The molecule has 0 amide bonds. The van der Waals surface area contributed by atoms with Crippen LogP contribution in [0.5, 0.6) is 5.75 Å². The number of aryl methyl sites for hydroxylation is 1. The van der Waals surface area contributed by atoms with Crippen LogP contribution in [0.1, 0.15) is 30.9 Å². The molecule has 0 atom stereocenters. The molecule has 90 valence electrons. The zero-order valence-corrected chi connectivity index (χ0v) is 10.6. The van der Waals surface area contributed by atoms with Gasteiger partial charge < -0.3 is 4.74 Å². The molecule has 0 aliphatic carbocycles. The van der Waals surface area contributed by atoms with Crippen LogP contribution in [0, 0.1) is 6.92 Å². The summed E-state index contributed by atoms with van der Waals surface area (Å²) in [6.07, 6.45) is 0. The lowest BCUT2D eigenvalue weighted by Gasteiger charge is -2.14. The van der Waals surface area contributed by atoms with E-state index in [-0.39, 0.29) is 10.8 Å². The van der Waals surface area contributed by atoms with E-state index in [9.17, 15) is 12.3 Å². The van der Waals surface area contributed by atoms with E-state index in [4.69, 9.17) is 4.74 Å². The van der Waals surface area contributed by atoms with Crippen molar-refractivity contribution in [2.45, 2.75) is 31.6 Å². The van der Waals surface area contributed by atoms with E-state index in [0.29, 0.717) is 16.9 Å². The highest BCUT2D eigenvalue weighted by molar-refractivity contribution is 7.86. The topological polar surface area (TPSA) is 43.4 Å². The molecular formula is C11H15FO3S. The molecule has 0 saturated heterocycles. The van der Waals surface area contributed by atoms with Gasteiger partial charge in [0.2, 0.25) is 0 Å². The molecule has 0 aliphatic rings. The molecule has 0 radical (unpaired) electrons. The SMILES string of the molecule is COc1cc(C)c(S(=O)(=O)F)cc1C(C)C. The Morgan fingerprint density at radius 2 is 1.88 bits per heavy atom. The lowest BCUT2D eigenvalue weighted by molar-refractivity contribution is 0.406. The van der Waals surface area contributed by atoms with Crippen molar-refractivity contribution < 1.29 is 17.0 Å². The minimum atomic E-state index is -4.67. The maximum Gasteiger partial charge on any atom is 0.332 e. The number of rotatable bonds is 3. The van der Waals surface area contributed by atoms with Gasteiger partial charge in [0.05, 0.1) is 7.11 Å². The first-order chi connectivity index (χ1) is 7.27. The van der Waals surface area contributed by atoms with Gasteiger partial charge in [-0.05, 0) is 36.1 Å². The van der Waals surface area contributed by atoms with Crippen molar-refractivity contribution in [2.75, 3.05) is 7.11 Å². The van der Waals surface area contributed by atoms with Crippen LogP contribution in [-0.4, -0.2) is 15.5 Å². The zero-order valence-electron chi connectivity index (χ0n) is 9.74. The third-order valence-corrected chi connectivity index (χ3v) is 3.38. The molecule has 0 spiro atoms. The fourth-order valence-corrected chi connectivity index (χ4v) is 2.28. The second-order valence-corrected chi connectivity index (χ2v) is 5.27. The van der Waals surface area contributed by atoms with Gasteiger partial charge in [0.1, 0.15) is 10.6 Å². The number of benzene rings is 1. The summed E-state index contributed by atoms with van der Waals surface area (Å²) >= 11 is 0. The van der Waals surface area contributed by atoms with Crippen molar-refractivity contribution in [1.82, 2.24) is 0 Å². The van der Waals surface area contributed by atoms with Gasteiger partial charge >= 0.3 is 10.2 Å². The smallest absolute Gasteiger partial charge is 0.332 e. The van der Waals surface area contributed by atoms with E-state index in [0.717, 1.165) is 0 Å². The third-order valence-electron chi connectivity index (χ3n) is 2.41. The van der Waals surface area contributed by atoms with Crippen molar-refractivity contribution >= 4 is 10.2 Å². The van der Waals surface area contributed by atoms with Crippen LogP contribution in [0.25, 0.3) is 0 Å². The van der Waals surface area contributed by atoms with Crippen LogP contribution >= 0.6 is 0 Å². The molecule has 0 fully saturated rings. The summed E-state index contributed by atoms with van der Waals surface area (Å²) in [5.41, 5.74) is 1.04. The first-order valence-electron chi connectivity index (χ1n) is 4.90. The first kappa shape index (κ1) is 13.0. The Kier molecular flexibility index (Phi) is 3.57. The second kappa shape index (κ2) is 4.41. The van der Waals surface area contributed by atoms with Crippen molar-refractivity contribution in [1.29, 1.82) is 0 Å². The van der Waals surface area contributed by atoms with Gasteiger partial charge in [-0.3, -0.25) is 0 Å². The minimum absolute atomic E-state index is 0.0658. The largest absolute Gasteiger partial charge is 0.496 e. The van der Waals surface area contributed by atoms with Crippen molar-refractivity contribution in [3.63, 3.8) is 0 Å².